The van der Waals surface area contributed by atoms with E-state index in [1.165, 1.54) is 0 Å². The van der Waals surface area contributed by atoms with E-state index in [1.54, 1.807) is 47.9 Å². The Morgan fingerprint density at radius 3 is 2.12 bits per heavy atom. The molecule has 0 amide bonds. The van der Waals surface area contributed by atoms with E-state index in [2.05, 4.69) is 0 Å². The van der Waals surface area contributed by atoms with Gasteiger partial charge < -0.3 is 13.9 Å². The minimum Gasteiger partial charge on any atom is -0.489 e. The number of nitrogens with zero attached hydrogens (tertiary/aromatic N) is 1. The number of benzene rings is 2. The summed E-state index contributed by atoms with van der Waals surface area (Å²) in [4.78, 5) is 42.0. The number of ether oxygens (including phenoxy) is 2. The Hall–Kier alpha value is -3.90. The molecule has 0 N–H and O–H groups in total. The molecule has 0 atom stereocenters. The Morgan fingerprint density at radius 1 is 0.884 bits per heavy atom. The van der Waals surface area contributed by atoms with Gasteiger partial charge in [-0.1, -0.05) is 76.6 Å². The number of halogens is 1. The summed E-state index contributed by atoms with van der Waals surface area (Å²) in [6.45, 7) is 11.8. The van der Waals surface area contributed by atoms with E-state index in [0.29, 0.717) is 58.1 Å². The fourth-order valence-electron chi connectivity index (χ4n) is 5.39. The van der Waals surface area contributed by atoms with Gasteiger partial charge in [-0.15, -0.1) is 0 Å². The predicted molar refractivity (Wildman–Crippen MR) is 170 cm³/mol. The molecule has 0 unspecified atom stereocenters. The molecule has 4 aromatic rings. The van der Waals surface area contributed by atoms with E-state index < -0.39 is 10.8 Å². The normalized spacial score (nSPS) is 11.9. The standard InChI is InChI=1S/C36H40ClNO5/c1-7-36(8-2,34(41)42-9-3)22-28-30(33(40)35(4,5)6)29-21-27(43-23-24-13-11-10-12-14-24)19-20-38(29)31(28)32(39)25-15-17-26(37)18-16-25/h10-21H,7-9,22-23H2,1-6H3. The Balaban J connectivity index is 2.00. The second-order valence-corrected chi connectivity index (χ2v) is 12.3. The highest BCUT2D eigenvalue weighted by Gasteiger charge is 2.41. The second-order valence-electron chi connectivity index (χ2n) is 11.9. The van der Waals surface area contributed by atoms with E-state index in [1.807, 2.05) is 71.0 Å². The number of pyridine rings is 1. The Bertz CT molecular complexity index is 1610. The van der Waals surface area contributed by atoms with Crippen molar-refractivity contribution in [1.82, 2.24) is 4.40 Å². The van der Waals surface area contributed by atoms with Gasteiger partial charge in [0.05, 0.1) is 23.2 Å². The molecule has 0 spiro atoms. The van der Waals surface area contributed by atoms with Gasteiger partial charge in [0.2, 0.25) is 5.78 Å². The number of Topliss-reactive ketones (excluding diaryl/α,β-unsaturated/α-hetero) is 1. The first-order chi connectivity index (χ1) is 20.5. The van der Waals surface area contributed by atoms with Crippen LogP contribution in [0.1, 0.15) is 91.9 Å². The first kappa shape index (κ1) is 32.0. The van der Waals surface area contributed by atoms with Crippen LogP contribution < -0.4 is 4.74 Å². The van der Waals surface area contributed by atoms with Crippen LogP contribution >= 0.6 is 11.6 Å². The number of rotatable bonds is 12. The molecule has 0 aliphatic rings. The summed E-state index contributed by atoms with van der Waals surface area (Å²) < 4.78 is 13.5. The van der Waals surface area contributed by atoms with Gasteiger partial charge in [-0.25, -0.2) is 0 Å². The van der Waals surface area contributed by atoms with Gasteiger partial charge in [-0.2, -0.15) is 0 Å². The van der Waals surface area contributed by atoms with Crippen LogP contribution in [0.2, 0.25) is 5.02 Å². The maximum Gasteiger partial charge on any atom is 0.312 e. The number of hydrogen-bond donors (Lipinski definition) is 0. The number of aromatic nitrogens is 1. The van der Waals surface area contributed by atoms with Crippen LogP contribution in [0, 0.1) is 10.8 Å². The zero-order valence-corrected chi connectivity index (χ0v) is 26.6. The fourth-order valence-corrected chi connectivity index (χ4v) is 5.51. The lowest BCUT2D eigenvalue weighted by molar-refractivity contribution is -0.156. The van der Waals surface area contributed by atoms with Gasteiger partial charge in [0, 0.05) is 33.8 Å². The van der Waals surface area contributed by atoms with Crippen molar-refractivity contribution in [2.45, 2.75) is 67.4 Å². The summed E-state index contributed by atoms with van der Waals surface area (Å²) in [6, 6.07) is 20.1. The average Bonchev–Trinajstić information content (AvgIpc) is 3.30. The third kappa shape index (κ3) is 6.70. The summed E-state index contributed by atoms with van der Waals surface area (Å²) in [5.41, 5.74) is 1.62. The molecule has 7 heteroatoms. The summed E-state index contributed by atoms with van der Waals surface area (Å²) in [5, 5.41) is 0.513. The van der Waals surface area contributed by atoms with Crippen LogP contribution in [0.5, 0.6) is 5.75 Å². The highest BCUT2D eigenvalue weighted by Crippen LogP contribution is 2.40. The minimum absolute atomic E-state index is 0.125. The smallest absolute Gasteiger partial charge is 0.312 e. The molecule has 0 bridgehead atoms. The topological polar surface area (TPSA) is 74.1 Å². The van der Waals surface area contributed by atoms with E-state index >= 15 is 0 Å². The van der Waals surface area contributed by atoms with E-state index in [0.717, 1.165) is 5.56 Å². The van der Waals surface area contributed by atoms with E-state index in [-0.39, 0.29) is 30.6 Å². The fraction of sp³-hybridized carbons (Fsp3) is 0.361. The summed E-state index contributed by atoms with van der Waals surface area (Å²) >= 11 is 6.14. The lowest BCUT2D eigenvalue weighted by Crippen LogP contribution is -2.35. The molecule has 0 saturated carbocycles. The average molecular weight is 602 g/mol. The molecule has 226 valence electrons. The number of hydrogen-bond acceptors (Lipinski definition) is 5. The van der Waals surface area contributed by atoms with Crippen LogP contribution in [0.4, 0.5) is 0 Å². The zero-order chi connectivity index (χ0) is 31.4. The van der Waals surface area contributed by atoms with E-state index in [9.17, 15) is 14.4 Å². The van der Waals surface area contributed by atoms with Crippen molar-refractivity contribution in [2.24, 2.45) is 10.8 Å². The largest absolute Gasteiger partial charge is 0.489 e. The highest BCUT2D eigenvalue weighted by atomic mass is 35.5. The van der Waals surface area contributed by atoms with Crippen molar-refractivity contribution in [3.63, 3.8) is 0 Å². The predicted octanol–water partition coefficient (Wildman–Crippen LogP) is 8.54. The number of esters is 1. The molecular formula is C36H40ClNO5. The van der Waals surface area contributed by atoms with Gasteiger partial charge in [0.25, 0.3) is 0 Å². The Morgan fingerprint density at radius 2 is 1.53 bits per heavy atom. The maximum absolute atomic E-state index is 14.3. The van der Waals surface area contributed by atoms with Crippen molar-refractivity contribution in [1.29, 1.82) is 0 Å². The van der Waals surface area contributed by atoms with Gasteiger partial charge in [-0.3, -0.25) is 14.4 Å². The molecule has 4 rings (SSSR count). The summed E-state index contributed by atoms with van der Waals surface area (Å²) in [7, 11) is 0. The molecule has 43 heavy (non-hydrogen) atoms. The maximum atomic E-state index is 14.3. The monoisotopic (exact) mass is 601 g/mol. The molecule has 0 aliphatic carbocycles. The second kappa shape index (κ2) is 13.2. The quantitative estimate of drug-likeness (QED) is 0.120. The first-order valence-corrected chi connectivity index (χ1v) is 15.2. The molecule has 0 radical (unpaired) electrons. The van der Waals surface area contributed by atoms with Crippen molar-refractivity contribution >= 4 is 34.7 Å². The van der Waals surface area contributed by atoms with E-state index in [4.69, 9.17) is 21.1 Å². The zero-order valence-electron chi connectivity index (χ0n) is 25.8. The molecule has 0 aliphatic heterocycles. The molecular weight excluding hydrogens is 562 g/mol. The van der Waals surface area contributed by atoms with Gasteiger partial charge >= 0.3 is 5.97 Å². The highest BCUT2D eigenvalue weighted by molar-refractivity contribution is 6.30. The molecule has 2 heterocycles. The summed E-state index contributed by atoms with van der Waals surface area (Å²) in [5.74, 6) is -0.157. The molecule has 2 aromatic carbocycles. The van der Waals surface area contributed by atoms with Gasteiger partial charge in [0.15, 0.2) is 5.78 Å². The molecule has 2 aromatic heterocycles. The van der Waals surface area contributed by atoms with Crippen molar-refractivity contribution in [3.8, 4) is 5.75 Å². The third-order valence-corrected chi connectivity index (χ3v) is 8.32. The van der Waals surface area contributed by atoms with Crippen LogP contribution in [-0.2, 0) is 22.6 Å². The molecule has 6 nitrogen and oxygen atoms in total. The Labute approximate surface area is 259 Å². The number of carbonyl (C=O) groups excluding carboxylic acids is 3. The van der Waals surface area contributed by atoms with Crippen LogP contribution in [-0.4, -0.2) is 28.5 Å². The summed E-state index contributed by atoms with van der Waals surface area (Å²) in [6.07, 6.45) is 2.91. The lowest BCUT2D eigenvalue weighted by Gasteiger charge is -2.30. The lowest BCUT2D eigenvalue weighted by atomic mass is 9.74. The van der Waals surface area contributed by atoms with Crippen LogP contribution in [0.3, 0.4) is 0 Å². The van der Waals surface area contributed by atoms with Crippen molar-refractivity contribution in [3.05, 3.63) is 106 Å². The van der Waals surface area contributed by atoms with Crippen molar-refractivity contribution in [2.75, 3.05) is 6.61 Å². The molecule has 0 saturated heterocycles. The minimum atomic E-state index is -0.921. The van der Waals surface area contributed by atoms with Gasteiger partial charge in [-0.05, 0) is 67.6 Å². The van der Waals surface area contributed by atoms with Gasteiger partial charge in [0.1, 0.15) is 12.4 Å². The number of ketones is 2. The SMILES string of the molecule is CCOC(=O)C(CC)(CC)Cc1c(C(=O)C(C)(C)C)c2cc(OCc3ccccc3)ccn2c1C(=O)c1ccc(Cl)cc1. The van der Waals surface area contributed by atoms with Crippen molar-refractivity contribution < 1.29 is 23.9 Å². The number of carbonyl (C=O) groups is 3. The van der Waals surface area contributed by atoms with Crippen LogP contribution in [0.15, 0.2) is 72.9 Å². The first-order valence-electron chi connectivity index (χ1n) is 14.8. The third-order valence-electron chi connectivity index (χ3n) is 8.07. The Kier molecular flexibility index (Phi) is 9.81. The molecule has 0 fully saturated rings. The number of fused-ring (bicyclic) bond motifs is 1. The van der Waals surface area contributed by atoms with Crippen LogP contribution in [0.25, 0.3) is 5.52 Å².